The van der Waals surface area contributed by atoms with Crippen LogP contribution in [0.4, 0.5) is 14.5 Å². The maximum Gasteiger partial charge on any atom is 0.336 e. The van der Waals surface area contributed by atoms with Crippen molar-refractivity contribution in [2.75, 3.05) is 19.4 Å². The summed E-state index contributed by atoms with van der Waals surface area (Å²) in [7, 11) is 1.05. The van der Waals surface area contributed by atoms with Crippen molar-refractivity contribution in [3.63, 3.8) is 0 Å². The first-order chi connectivity index (χ1) is 8.88. The first-order valence-corrected chi connectivity index (χ1v) is 5.16. The van der Waals surface area contributed by atoms with E-state index in [1.165, 1.54) is 0 Å². The predicted molar refractivity (Wildman–Crippen MR) is 61.1 cm³/mol. The molecular weight excluding hydrogens is 262 g/mol. The van der Waals surface area contributed by atoms with Crippen LogP contribution in [0.25, 0.3) is 0 Å². The molecule has 0 aliphatic rings. The Hall–Kier alpha value is -2.22. The van der Waals surface area contributed by atoms with Gasteiger partial charge in [-0.3, -0.25) is 4.79 Å². The Labute approximate surface area is 107 Å². The SMILES string of the molecule is COC(=O)C(O)CNC(=O)c1c(F)ccc(N)c1F. The second-order valence-corrected chi connectivity index (χ2v) is 3.57. The molecule has 0 aromatic heterocycles. The number of anilines is 1. The van der Waals surface area contributed by atoms with Crippen LogP contribution in [0.5, 0.6) is 0 Å². The minimum absolute atomic E-state index is 0.389. The summed E-state index contributed by atoms with van der Waals surface area (Å²) < 4.78 is 31.0. The number of halogens is 2. The first kappa shape index (κ1) is 14.8. The van der Waals surface area contributed by atoms with Crippen molar-refractivity contribution < 1.29 is 28.2 Å². The van der Waals surface area contributed by atoms with Gasteiger partial charge in [0.25, 0.3) is 5.91 Å². The Kier molecular flexibility index (Phi) is 4.76. The number of nitrogens with two attached hydrogens (primary N) is 1. The molecule has 104 valence electrons. The summed E-state index contributed by atoms with van der Waals surface area (Å²) in [5.74, 6) is -4.42. The second-order valence-electron chi connectivity index (χ2n) is 3.57. The Bertz CT molecular complexity index is 508. The number of aliphatic hydroxyl groups is 1. The highest BCUT2D eigenvalue weighted by Crippen LogP contribution is 2.18. The predicted octanol–water partition coefficient (Wildman–Crippen LogP) is -0.189. The molecule has 19 heavy (non-hydrogen) atoms. The monoisotopic (exact) mass is 274 g/mol. The molecule has 1 aromatic carbocycles. The van der Waals surface area contributed by atoms with Crippen molar-refractivity contribution in [3.05, 3.63) is 29.3 Å². The quantitative estimate of drug-likeness (QED) is 0.522. The van der Waals surface area contributed by atoms with Gasteiger partial charge < -0.3 is 20.9 Å². The molecule has 1 amide bonds. The molecule has 1 unspecified atom stereocenters. The van der Waals surface area contributed by atoms with Gasteiger partial charge in [0, 0.05) is 0 Å². The summed E-state index contributed by atoms with van der Waals surface area (Å²) in [5, 5.41) is 11.2. The zero-order chi connectivity index (χ0) is 14.6. The number of esters is 1. The summed E-state index contributed by atoms with van der Waals surface area (Å²) in [6.07, 6.45) is -1.62. The maximum absolute atomic E-state index is 13.5. The number of rotatable bonds is 4. The minimum atomic E-state index is -1.62. The van der Waals surface area contributed by atoms with Gasteiger partial charge in [-0.1, -0.05) is 0 Å². The van der Waals surface area contributed by atoms with E-state index in [4.69, 9.17) is 5.73 Å². The summed E-state index contributed by atoms with van der Waals surface area (Å²) in [6, 6.07) is 1.81. The molecule has 6 nitrogen and oxygen atoms in total. The van der Waals surface area contributed by atoms with Gasteiger partial charge in [0.2, 0.25) is 0 Å². The fraction of sp³-hybridized carbons (Fsp3) is 0.273. The number of hydrogen-bond acceptors (Lipinski definition) is 5. The van der Waals surface area contributed by atoms with Gasteiger partial charge in [-0.2, -0.15) is 0 Å². The molecule has 1 atom stereocenters. The first-order valence-electron chi connectivity index (χ1n) is 5.16. The number of ether oxygens (including phenoxy) is 1. The molecule has 0 heterocycles. The zero-order valence-electron chi connectivity index (χ0n) is 9.94. The molecule has 0 saturated heterocycles. The largest absolute Gasteiger partial charge is 0.467 e. The molecule has 0 aliphatic carbocycles. The molecule has 0 spiro atoms. The average molecular weight is 274 g/mol. The van der Waals surface area contributed by atoms with Gasteiger partial charge in [-0.05, 0) is 12.1 Å². The molecule has 0 fully saturated rings. The number of nitrogens with one attached hydrogen (secondary N) is 1. The molecule has 0 aliphatic heterocycles. The number of methoxy groups -OCH3 is 1. The van der Waals surface area contributed by atoms with Crippen molar-refractivity contribution in [1.29, 1.82) is 0 Å². The van der Waals surface area contributed by atoms with Gasteiger partial charge in [0.15, 0.2) is 11.9 Å². The Balaban J connectivity index is 2.80. The third kappa shape index (κ3) is 3.38. The maximum atomic E-state index is 13.5. The lowest BCUT2D eigenvalue weighted by Crippen LogP contribution is -2.37. The zero-order valence-corrected chi connectivity index (χ0v) is 9.94. The van der Waals surface area contributed by atoms with Crippen LogP contribution in [0, 0.1) is 11.6 Å². The van der Waals surface area contributed by atoms with E-state index >= 15 is 0 Å². The lowest BCUT2D eigenvalue weighted by molar-refractivity contribution is -0.149. The lowest BCUT2D eigenvalue weighted by atomic mass is 10.1. The summed E-state index contributed by atoms with van der Waals surface area (Å²) in [6.45, 7) is -0.542. The Morgan fingerprint density at radius 1 is 1.47 bits per heavy atom. The van der Waals surface area contributed by atoms with Gasteiger partial charge >= 0.3 is 5.97 Å². The van der Waals surface area contributed by atoms with Gasteiger partial charge in [0.05, 0.1) is 19.3 Å². The van der Waals surface area contributed by atoms with Crippen LogP contribution < -0.4 is 11.1 Å². The van der Waals surface area contributed by atoms with Crippen LogP contribution >= 0.6 is 0 Å². The number of aliphatic hydroxyl groups excluding tert-OH is 1. The van der Waals surface area contributed by atoms with Gasteiger partial charge in [-0.25, -0.2) is 13.6 Å². The molecule has 1 rings (SSSR count). The molecule has 0 radical (unpaired) electrons. The third-order valence-corrected chi connectivity index (χ3v) is 2.28. The van der Waals surface area contributed by atoms with E-state index in [2.05, 4.69) is 4.74 Å². The highest BCUT2D eigenvalue weighted by Gasteiger charge is 2.22. The van der Waals surface area contributed by atoms with E-state index in [1.54, 1.807) is 0 Å². The second kappa shape index (κ2) is 6.10. The minimum Gasteiger partial charge on any atom is -0.467 e. The van der Waals surface area contributed by atoms with Crippen LogP contribution in [-0.2, 0) is 9.53 Å². The molecule has 1 aromatic rings. The number of carbonyl (C=O) groups excluding carboxylic acids is 2. The van der Waals surface area contributed by atoms with E-state index in [1.807, 2.05) is 5.32 Å². The number of nitrogen functional groups attached to an aromatic ring is 1. The molecule has 0 bridgehead atoms. The normalized spacial score (nSPS) is 11.8. The van der Waals surface area contributed by atoms with Crippen LogP contribution in [-0.4, -0.2) is 36.7 Å². The van der Waals surface area contributed by atoms with Crippen molar-refractivity contribution in [1.82, 2.24) is 5.32 Å². The number of benzene rings is 1. The van der Waals surface area contributed by atoms with Crippen molar-refractivity contribution in [2.45, 2.75) is 6.10 Å². The van der Waals surface area contributed by atoms with Crippen LogP contribution in [0.3, 0.4) is 0 Å². The van der Waals surface area contributed by atoms with E-state index in [0.717, 1.165) is 19.2 Å². The van der Waals surface area contributed by atoms with Crippen LogP contribution in [0.2, 0.25) is 0 Å². The molecular formula is C11H12F2N2O4. The van der Waals surface area contributed by atoms with Crippen LogP contribution in [0.15, 0.2) is 12.1 Å². The highest BCUT2D eigenvalue weighted by atomic mass is 19.1. The number of carbonyl (C=O) groups is 2. The van der Waals surface area contributed by atoms with Crippen molar-refractivity contribution >= 4 is 17.6 Å². The summed E-state index contributed by atoms with van der Waals surface area (Å²) in [4.78, 5) is 22.4. The fourth-order valence-corrected chi connectivity index (χ4v) is 1.27. The standard InChI is InChI=1S/C11H12F2N2O4/c1-19-11(18)7(16)4-15-10(17)8-5(12)2-3-6(14)9(8)13/h2-3,7,16H,4,14H2,1H3,(H,15,17). The Morgan fingerprint density at radius 2 is 2.11 bits per heavy atom. The smallest absolute Gasteiger partial charge is 0.336 e. The lowest BCUT2D eigenvalue weighted by Gasteiger charge is -2.11. The van der Waals surface area contributed by atoms with Crippen molar-refractivity contribution in [3.8, 4) is 0 Å². The number of amides is 1. The summed E-state index contributed by atoms with van der Waals surface area (Å²) in [5.41, 5.74) is 3.94. The van der Waals surface area contributed by atoms with E-state index < -0.39 is 41.7 Å². The van der Waals surface area contributed by atoms with Gasteiger partial charge in [0.1, 0.15) is 11.4 Å². The third-order valence-electron chi connectivity index (χ3n) is 2.28. The van der Waals surface area contributed by atoms with E-state index in [0.29, 0.717) is 0 Å². The topological polar surface area (TPSA) is 102 Å². The molecule has 8 heteroatoms. The molecule has 4 N–H and O–H groups in total. The average Bonchev–Trinajstić information content (AvgIpc) is 2.39. The van der Waals surface area contributed by atoms with Crippen LogP contribution in [0.1, 0.15) is 10.4 Å². The van der Waals surface area contributed by atoms with E-state index in [9.17, 15) is 23.5 Å². The Morgan fingerprint density at radius 3 is 2.68 bits per heavy atom. The number of hydrogen-bond donors (Lipinski definition) is 3. The summed E-state index contributed by atoms with van der Waals surface area (Å²) >= 11 is 0. The fourth-order valence-electron chi connectivity index (χ4n) is 1.27. The van der Waals surface area contributed by atoms with Crippen molar-refractivity contribution in [2.24, 2.45) is 0 Å². The highest BCUT2D eigenvalue weighted by molar-refractivity contribution is 5.96. The molecule has 0 saturated carbocycles. The van der Waals surface area contributed by atoms with E-state index in [-0.39, 0.29) is 5.69 Å². The van der Waals surface area contributed by atoms with Gasteiger partial charge in [-0.15, -0.1) is 0 Å².